The van der Waals surface area contributed by atoms with Crippen molar-refractivity contribution in [2.45, 2.75) is 38.1 Å². The average molecular weight is 325 g/mol. The molecule has 1 unspecified atom stereocenters. The molecule has 3 rings (SSSR count). The van der Waals surface area contributed by atoms with E-state index in [0.29, 0.717) is 11.9 Å². The molecule has 0 bridgehead atoms. The number of hydrogen-bond acceptors (Lipinski definition) is 3. The fourth-order valence-corrected chi connectivity index (χ4v) is 4.21. The van der Waals surface area contributed by atoms with E-state index in [4.69, 9.17) is 21.3 Å². The molecule has 21 heavy (non-hydrogen) atoms. The van der Waals surface area contributed by atoms with E-state index in [9.17, 15) is 0 Å². The van der Waals surface area contributed by atoms with Gasteiger partial charge in [-0.15, -0.1) is 11.6 Å². The van der Waals surface area contributed by atoms with Gasteiger partial charge in [-0.1, -0.05) is 13.0 Å². The van der Waals surface area contributed by atoms with Crippen LogP contribution in [0.3, 0.4) is 0 Å². The summed E-state index contributed by atoms with van der Waals surface area (Å²) in [6.07, 6.45) is 3.48. The number of benzene rings is 1. The van der Waals surface area contributed by atoms with E-state index >= 15 is 0 Å². The van der Waals surface area contributed by atoms with Crippen LogP contribution >= 0.6 is 23.4 Å². The standard InChI is InChI=1S/C16H21ClN2OS/c1-2-8-20-14-7-3-6-13-16(14)18-15(10-17)19(13)12-5-4-9-21-11-12/h3,6-7,12H,2,4-5,8-11H2,1H3. The van der Waals surface area contributed by atoms with Gasteiger partial charge in [0.25, 0.3) is 0 Å². The Morgan fingerprint density at radius 3 is 3.10 bits per heavy atom. The van der Waals surface area contributed by atoms with Crippen LogP contribution in [0.1, 0.15) is 38.1 Å². The molecule has 5 heteroatoms. The van der Waals surface area contributed by atoms with Gasteiger partial charge in [-0.25, -0.2) is 4.98 Å². The summed E-state index contributed by atoms with van der Waals surface area (Å²) in [4.78, 5) is 4.76. The first-order valence-electron chi connectivity index (χ1n) is 7.61. The van der Waals surface area contributed by atoms with Crippen LogP contribution in [-0.2, 0) is 5.88 Å². The number of halogens is 1. The van der Waals surface area contributed by atoms with Crippen molar-refractivity contribution in [2.24, 2.45) is 0 Å². The monoisotopic (exact) mass is 324 g/mol. The Morgan fingerprint density at radius 1 is 1.48 bits per heavy atom. The Bertz CT molecular complexity index is 608. The lowest BCUT2D eigenvalue weighted by Crippen LogP contribution is -2.18. The van der Waals surface area contributed by atoms with Crippen molar-refractivity contribution >= 4 is 34.4 Å². The summed E-state index contributed by atoms with van der Waals surface area (Å²) in [6.45, 7) is 2.84. The zero-order valence-corrected chi connectivity index (χ0v) is 13.9. The molecular formula is C16H21ClN2OS. The third-order valence-corrected chi connectivity index (χ3v) is 5.28. The largest absolute Gasteiger partial charge is 0.491 e. The molecule has 0 N–H and O–H groups in total. The Morgan fingerprint density at radius 2 is 2.38 bits per heavy atom. The van der Waals surface area contributed by atoms with Gasteiger partial charge in [0.05, 0.1) is 18.0 Å². The molecule has 1 fully saturated rings. The highest BCUT2D eigenvalue weighted by molar-refractivity contribution is 7.99. The third kappa shape index (κ3) is 3.02. The molecule has 0 spiro atoms. The van der Waals surface area contributed by atoms with Crippen LogP contribution in [0.5, 0.6) is 5.75 Å². The van der Waals surface area contributed by atoms with Gasteiger partial charge in [-0.3, -0.25) is 0 Å². The highest BCUT2D eigenvalue weighted by Gasteiger charge is 2.22. The second-order valence-electron chi connectivity index (χ2n) is 5.37. The minimum absolute atomic E-state index is 0.447. The van der Waals surface area contributed by atoms with Crippen LogP contribution in [0.25, 0.3) is 11.0 Å². The van der Waals surface area contributed by atoms with Crippen LogP contribution in [0.15, 0.2) is 18.2 Å². The van der Waals surface area contributed by atoms with Crippen molar-refractivity contribution in [3.63, 3.8) is 0 Å². The summed E-state index contributed by atoms with van der Waals surface area (Å²) < 4.78 is 8.19. The van der Waals surface area contributed by atoms with Crippen LogP contribution in [0.4, 0.5) is 0 Å². The maximum atomic E-state index is 6.15. The van der Waals surface area contributed by atoms with Gasteiger partial charge in [0.2, 0.25) is 0 Å². The van der Waals surface area contributed by atoms with Crippen molar-refractivity contribution in [1.82, 2.24) is 9.55 Å². The number of aromatic nitrogens is 2. The van der Waals surface area contributed by atoms with Crippen molar-refractivity contribution in [2.75, 3.05) is 18.1 Å². The fraction of sp³-hybridized carbons (Fsp3) is 0.562. The maximum absolute atomic E-state index is 6.15. The smallest absolute Gasteiger partial charge is 0.147 e. The fourth-order valence-electron chi connectivity index (χ4n) is 2.90. The summed E-state index contributed by atoms with van der Waals surface area (Å²) in [7, 11) is 0. The van der Waals surface area contributed by atoms with E-state index in [1.165, 1.54) is 18.6 Å². The average Bonchev–Trinajstić information content (AvgIpc) is 2.92. The quantitative estimate of drug-likeness (QED) is 0.750. The van der Waals surface area contributed by atoms with Gasteiger partial charge in [-0.05, 0) is 37.1 Å². The lowest BCUT2D eigenvalue weighted by Gasteiger charge is -2.25. The van der Waals surface area contributed by atoms with E-state index in [1.807, 2.05) is 17.8 Å². The zero-order valence-electron chi connectivity index (χ0n) is 12.3. The Labute approximate surface area is 135 Å². The van der Waals surface area contributed by atoms with Crippen LogP contribution in [0.2, 0.25) is 0 Å². The number of fused-ring (bicyclic) bond motifs is 1. The van der Waals surface area contributed by atoms with E-state index < -0.39 is 0 Å². The molecule has 3 nitrogen and oxygen atoms in total. The summed E-state index contributed by atoms with van der Waals surface area (Å²) in [5.41, 5.74) is 2.11. The molecule has 1 aliphatic heterocycles. The summed E-state index contributed by atoms with van der Waals surface area (Å²) >= 11 is 8.17. The molecule has 0 aliphatic carbocycles. The second kappa shape index (κ2) is 6.93. The molecule has 114 valence electrons. The number of hydrogen-bond donors (Lipinski definition) is 0. The minimum atomic E-state index is 0.447. The molecule has 1 aromatic heterocycles. The van der Waals surface area contributed by atoms with Crippen molar-refractivity contribution in [3.8, 4) is 5.75 Å². The van der Waals surface area contributed by atoms with E-state index in [-0.39, 0.29) is 0 Å². The molecule has 1 atom stereocenters. The van der Waals surface area contributed by atoms with Crippen molar-refractivity contribution in [1.29, 1.82) is 0 Å². The van der Waals surface area contributed by atoms with E-state index in [1.54, 1.807) is 0 Å². The van der Waals surface area contributed by atoms with Gasteiger partial charge >= 0.3 is 0 Å². The molecular weight excluding hydrogens is 304 g/mol. The number of rotatable bonds is 5. The SMILES string of the molecule is CCCOc1cccc2c1nc(CCl)n2C1CCCSC1. The van der Waals surface area contributed by atoms with Crippen molar-refractivity contribution in [3.05, 3.63) is 24.0 Å². The van der Waals surface area contributed by atoms with Crippen LogP contribution in [-0.4, -0.2) is 27.7 Å². The minimum Gasteiger partial charge on any atom is -0.491 e. The summed E-state index contributed by atoms with van der Waals surface area (Å²) in [6, 6.07) is 6.70. The molecule has 2 heterocycles. The number of para-hydroxylation sites is 1. The summed E-state index contributed by atoms with van der Waals surface area (Å²) in [5, 5.41) is 0. The molecule has 1 saturated heterocycles. The van der Waals surface area contributed by atoms with E-state index in [0.717, 1.165) is 41.4 Å². The second-order valence-corrected chi connectivity index (χ2v) is 6.79. The highest BCUT2D eigenvalue weighted by Crippen LogP contribution is 2.34. The Hall–Kier alpha value is -0.870. The van der Waals surface area contributed by atoms with Gasteiger partial charge < -0.3 is 9.30 Å². The normalized spacial score (nSPS) is 19.0. The highest BCUT2D eigenvalue weighted by atomic mass is 35.5. The Balaban J connectivity index is 2.05. The topological polar surface area (TPSA) is 27.1 Å². The number of alkyl halides is 1. The molecule has 0 amide bonds. The van der Waals surface area contributed by atoms with Gasteiger partial charge in [0, 0.05) is 11.8 Å². The van der Waals surface area contributed by atoms with Gasteiger partial charge in [0.15, 0.2) is 0 Å². The van der Waals surface area contributed by atoms with Crippen LogP contribution in [0, 0.1) is 0 Å². The Kier molecular flexibility index (Phi) is 4.96. The number of thioether (sulfide) groups is 1. The number of ether oxygens (including phenoxy) is 1. The molecule has 0 radical (unpaired) electrons. The molecule has 2 aromatic rings. The summed E-state index contributed by atoms with van der Waals surface area (Å²) in [5.74, 6) is 4.71. The lowest BCUT2D eigenvalue weighted by molar-refractivity contribution is 0.320. The predicted octanol–water partition coefficient (Wildman–Crippen LogP) is 4.63. The lowest BCUT2D eigenvalue weighted by atomic mass is 10.1. The molecule has 1 aromatic carbocycles. The first-order valence-corrected chi connectivity index (χ1v) is 9.30. The van der Waals surface area contributed by atoms with Crippen molar-refractivity contribution < 1.29 is 4.74 Å². The first kappa shape index (κ1) is 15.0. The number of imidazole rings is 1. The molecule has 1 aliphatic rings. The number of nitrogens with zero attached hydrogens (tertiary/aromatic N) is 2. The zero-order chi connectivity index (χ0) is 14.7. The van der Waals surface area contributed by atoms with E-state index in [2.05, 4.69) is 23.6 Å². The predicted molar refractivity (Wildman–Crippen MR) is 90.7 cm³/mol. The molecule has 0 saturated carbocycles. The first-order chi connectivity index (χ1) is 10.3. The van der Waals surface area contributed by atoms with Gasteiger partial charge in [-0.2, -0.15) is 11.8 Å². The van der Waals surface area contributed by atoms with Crippen LogP contribution < -0.4 is 4.74 Å². The third-order valence-electron chi connectivity index (χ3n) is 3.84. The van der Waals surface area contributed by atoms with Gasteiger partial charge in [0.1, 0.15) is 17.1 Å². The maximum Gasteiger partial charge on any atom is 0.147 e.